The monoisotopic (exact) mass is 257 g/mol. The molecule has 1 rings (SSSR count). The highest BCUT2D eigenvalue weighted by Crippen LogP contribution is 2.20. The molecule has 0 bridgehead atoms. The number of carbonyl (C=O) groups is 1. The van der Waals surface area contributed by atoms with Gasteiger partial charge in [-0.3, -0.25) is 10.1 Å². The zero-order valence-corrected chi connectivity index (χ0v) is 10.9. The summed E-state index contributed by atoms with van der Waals surface area (Å²) in [5, 5.41) is 2.95. The second-order valence-corrected chi connectivity index (χ2v) is 4.65. The van der Waals surface area contributed by atoms with E-state index in [-0.39, 0.29) is 0 Å². The molecule has 0 spiro atoms. The highest BCUT2D eigenvalue weighted by atomic mass is 19.1. The molecule has 0 heterocycles. The standard InChI is InChI=1S/C13H17F2NO2/c1-8(16-13(2,3)12(17)18-4)10-6-5-9(14)7-11(10)15/h5-8,16H,1-4H3. The normalized spacial score (nSPS) is 13.2. The van der Waals surface area contributed by atoms with Gasteiger partial charge in [0, 0.05) is 17.7 Å². The average Bonchev–Trinajstić information content (AvgIpc) is 2.26. The second kappa shape index (κ2) is 5.44. The summed E-state index contributed by atoms with van der Waals surface area (Å²) in [6.07, 6.45) is 0. The molecule has 1 aromatic carbocycles. The van der Waals surface area contributed by atoms with Crippen LogP contribution in [0.2, 0.25) is 0 Å². The van der Waals surface area contributed by atoms with E-state index in [0.717, 1.165) is 6.07 Å². The Bertz CT molecular complexity index is 447. The molecule has 100 valence electrons. The molecule has 0 aliphatic carbocycles. The van der Waals surface area contributed by atoms with Crippen molar-refractivity contribution in [1.82, 2.24) is 5.32 Å². The lowest BCUT2D eigenvalue weighted by Crippen LogP contribution is -2.48. The summed E-state index contributed by atoms with van der Waals surface area (Å²) in [7, 11) is 1.29. The number of esters is 1. The van der Waals surface area contributed by atoms with Crippen molar-refractivity contribution in [3.8, 4) is 0 Å². The number of hydrogen-bond acceptors (Lipinski definition) is 3. The van der Waals surface area contributed by atoms with Crippen molar-refractivity contribution in [3.05, 3.63) is 35.4 Å². The largest absolute Gasteiger partial charge is 0.468 e. The number of rotatable bonds is 4. The molecule has 1 unspecified atom stereocenters. The summed E-state index contributed by atoms with van der Waals surface area (Å²) < 4.78 is 31.0. The molecular weight excluding hydrogens is 240 g/mol. The first-order chi connectivity index (χ1) is 8.27. The van der Waals surface area contributed by atoms with Crippen LogP contribution in [0.4, 0.5) is 8.78 Å². The van der Waals surface area contributed by atoms with Crippen molar-refractivity contribution in [3.63, 3.8) is 0 Å². The minimum absolute atomic E-state index is 0.299. The van der Waals surface area contributed by atoms with Gasteiger partial charge in [-0.1, -0.05) is 6.07 Å². The molecule has 5 heteroatoms. The molecule has 0 fully saturated rings. The molecule has 0 saturated carbocycles. The van der Waals surface area contributed by atoms with Gasteiger partial charge in [0.25, 0.3) is 0 Å². The van der Waals surface area contributed by atoms with E-state index in [2.05, 4.69) is 10.1 Å². The van der Waals surface area contributed by atoms with Gasteiger partial charge in [-0.15, -0.1) is 0 Å². The Morgan fingerprint density at radius 3 is 2.50 bits per heavy atom. The molecule has 3 nitrogen and oxygen atoms in total. The Kier molecular flexibility index (Phi) is 4.40. The van der Waals surface area contributed by atoms with Crippen molar-refractivity contribution in [2.24, 2.45) is 0 Å². The first kappa shape index (κ1) is 14.6. The fraction of sp³-hybridized carbons (Fsp3) is 0.462. The number of halogens is 2. The molecule has 1 aromatic rings. The van der Waals surface area contributed by atoms with E-state index in [4.69, 9.17) is 0 Å². The van der Waals surface area contributed by atoms with Crippen molar-refractivity contribution in [2.75, 3.05) is 7.11 Å². The van der Waals surface area contributed by atoms with Crippen molar-refractivity contribution < 1.29 is 18.3 Å². The first-order valence-electron chi connectivity index (χ1n) is 5.59. The molecule has 18 heavy (non-hydrogen) atoms. The minimum atomic E-state index is -0.949. The van der Waals surface area contributed by atoms with Gasteiger partial charge in [0.05, 0.1) is 7.11 Å². The maximum absolute atomic E-state index is 13.6. The fourth-order valence-electron chi connectivity index (χ4n) is 1.79. The van der Waals surface area contributed by atoms with E-state index in [1.165, 1.54) is 19.2 Å². The number of hydrogen-bond donors (Lipinski definition) is 1. The number of ether oxygens (including phenoxy) is 1. The molecule has 0 radical (unpaired) electrons. The number of carbonyl (C=O) groups excluding carboxylic acids is 1. The molecule has 0 amide bonds. The topological polar surface area (TPSA) is 38.3 Å². The summed E-state index contributed by atoms with van der Waals surface area (Å²) in [6.45, 7) is 4.97. The van der Waals surface area contributed by atoms with Gasteiger partial charge < -0.3 is 4.74 Å². The lowest BCUT2D eigenvalue weighted by Gasteiger charge is -2.27. The van der Waals surface area contributed by atoms with Gasteiger partial charge in [0.2, 0.25) is 0 Å². The van der Waals surface area contributed by atoms with Crippen LogP contribution in [-0.2, 0) is 9.53 Å². The maximum atomic E-state index is 13.6. The van der Waals surface area contributed by atoms with Crippen LogP contribution >= 0.6 is 0 Å². The summed E-state index contributed by atoms with van der Waals surface area (Å²) in [6, 6.07) is 2.91. The van der Waals surface area contributed by atoms with Gasteiger partial charge in [-0.25, -0.2) is 8.78 Å². The Hall–Kier alpha value is -1.49. The van der Waals surface area contributed by atoms with E-state index < -0.39 is 29.2 Å². The number of benzene rings is 1. The average molecular weight is 257 g/mol. The van der Waals surface area contributed by atoms with Crippen LogP contribution in [0.25, 0.3) is 0 Å². The highest BCUT2D eigenvalue weighted by molar-refractivity contribution is 5.79. The predicted molar refractivity (Wildman–Crippen MR) is 64.0 cm³/mol. The minimum Gasteiger partial charge on any atom is -0.468 e. The highest BCUT2D eigenvalue weighted by Gasteiger charge is 2.30. The smallest absolute Gasteiger partial charge is 0.325 e. The number of methoxy groups -OCH3 is 1. The molecule has 0 aliphatic heterocycles. The van der Waals surface area contributed by atoms with Gasteiger partial charge in [-0.2, -0.15) is 0 Å². The Morgan fingerprint density at radius 1 is 1.39 bits per heavy atom. The molecule has 0 saturated heterocycles. The fourth-order valence-corrected chi connectivity index (χ4v) is 1.79. The van der Waals surface area contributed by atoms with Crippen molar-refractivity contribution in [1.29, 1.82) is 0 Å². The summed E-state index contributed by atoms with van der Waals surface area (Å²) in [4.78, 5) is 11.5. The van der Waals surface area contributed by atoms with Gasteiger partial charge in [0.1, 0.15) is 17.2 Å². The predicted octanol–water partition coefficient (Wildman–Crippen LogP) is 2.57. The van der Waals surface area contributed by atoms with Crippen LogP contribution in [0.1, 0.15) is 32.4 Å². The maximum Gasteiger partial charge on any atom is 0.325 e. The van der Waals surface area contributed by atoms with Gasteiger partial charge >= 0.3 is 5.97 Å². The first-order valence-corrected chi connectivity index (χ1v) is 5.59. The van der Waals surface area contributed by atoms with Crippen LogP contribution in [0.3, 0.4) is 0 Å². The van der Waals surface area contributed by atoms with Crippen LogP contribution in [0.5, 0.6) is 0 Å². The summed E-state index contributed by atoms with van der Waals surface area (Å²) in [5.74, 6) is -1.72. The van der Waals surface area contributed by atoms with Crippen LogP contribution in [-0.4, -0.2) is 18.6 Å². The molecule has 0 aromatic heterocycles. The molecular formula is C13H17F2NO2. The Morgan fingerprint density at radius 2 is 2.00 bits per heavy atom. The van der Waals surface area contributed by atoms with Gasteiger partial charge in [-0.05, 0) is 26.8 Å². The van der Waals surface area contributed by atoms with Crippen LogP contribution < -0.4 is 5.32 Å². The quantitative estimate of drug-likeness (QED) is 0.842. The van der Waals surface area contributed by atoms with E-state index in [1.807, 2.05) is 0 Å². The second-order valence-electron chi connectivity index (χ2n) is 4.65. The third-order valence-corrected chi connectivity index (χ3v) is 2.70. The van der Waals surface area contributed by atoms with Crippen LogP contribution in [0.15, 0.2) is 18.2 Å². The summed E-state index contributed by atoms with van der Waals surface area (Å²) in [5.41, 5.74) is -0.650. The van der Waals surface area contributed by atoms with E-state index in [1.54, 1.807) is 20.8 Å². The van der Waals surface area contributed by atoms with Crippen molar-refractivity contribution in [2.45, 2.75) is 32.4 Å². The van der Waals surface area contributed by atoms with E-state index in [0.29, 0.717) is 5.56 Å². The number of nitrogens with one attached hydrogen (secondary N) is 1. The molecule has 1 N–H and O–H groups in total. The lowest BCUT2D eigenvalue weighted by molar-refractivity contribution is -0.147. The molecule has 0 aliphatic rings. The third-order valence-electron chi connectivity index (χ3n) is 2.70. The summed E-state index contributed by atoms with van der Waals surface area (Å²) >= 11 is 0. The Balaban J connectivity index is 2.88. The van der Waals surface area contributed by atoms with Gasteiger partial charge in [0.15, 0.2) is 0 Å². The van der Waals surface area contributed by atoms with Crippen molar-refractivity contribution >= 4 is 5.97 Å². The third kappa shape index (κ3) is 3.26. The van der Waals surface area contributed by atoms with E-state index in [9.17, 15) is 13.6 Å². The van der Waals surface area contributed by atoms with E-state index >= 15 is 0 Å². The lowest BCUT2D eigenvalue weighted by atomic mass is 10.0. The van der Waals surface area contributed by atoms with Crippen LogP contribution in [0, 0.1) is 11.6 Å². The molecule has 1 atom stereocenters. The zero-order valence-electron chi connectivity index (χ0n) is 10.9. The Labute approximate surface area is 105 Å². The SMILES string of the molecule is COC(=O)C(C)(C)NC(C)c1ccc(F)cc1F. The zero-order chi connectivity index (χ0) is 13.9.